The zero-order valence-corrected chi connectivity index (χ0v) is 11.2. The second-order valence-corrected chi connectivity index (χ2v) is 5.03. The standard InChI is InChI=1S/C12H23N3O2/c1-5-12(4)10(16)15(11(17)14-12)8-6-7-13-9(2)3/h9,13H,5-8H2,1-4H3,(H,14,17). The predicted molar refractivity (Wildman–Crippen MR) is 66.7 cm³/mol. The molecule has 1 fully saturated rings. The largest absolute Gasteiger partial charge is 0.325 e. The molecule has 1 aliphatic rings. The summed E-state index contributed by atoms with van der Waals surface area (Å²) < 4.78 is 0. The Bertz CT molecular complexity index is 304. The number of nitrogens with zero attached hydrogens (tertiary/aromatic N) is 1. The van der Waals surface area contributed by atoms with Gasteiger partial charge in [-0.1, -0.05) is 20.8 Å². The summed E-state index contributed by atoms with van der Waals surface area (Å²) in [5, 5.41) is 6.01. The zero-order valence-electron chi connectivity index (χ0n) is 11.2. The van der Waals surface area contributed by atoms with Gasteiger partial charge in [-0.25, -0.2) is 4.79 Å². The molecule has 1 saturated heterocycles. The third-order valence-corrected chi connectivity index (χ3v) is 3.16. The topological polar surface area (TPSA) is 61.4 Å². The summed E-state index contributed by atoms with van der Waals surface area (Å²) in [6, 6.07) is 0.169. The first-order valence-corrected chi connectivity index (χ1v) is 6.28. The molecule has 0 aromatic carbocycles. The van der Waals surface area contributed by atoms with Crippen molar-refractivity contribution >= 4 is 11.9 Å². The van der Waals surface area contributed by atoms with E-state index in [2.05, 4.69) is 24.5 Å². The molecule has 1 heterocycles. The highest BCUT2D eigenvalue weighted by Crippen LogP contribution is 2.20. The molecular weight excluding hydrogens is 218 g/mol. The van der Waals surface area contributed by atoms with E-state index in [4.69, 9.17) is 0 Å². The molecule has 17 heavy (non-hydrogen) atoms. The van der Waals surface area contributed by atoms with Crippen molar-refractivity contribution in [1.82, 2.24) is 15.5 Å². The number of imide groups is 1. The number of hydrogen-bond donors (Lipinski definition) is 2. The van der Waals surface area contributed by atoms with E-state index in [0.29, 0.717) is 19.0 Å². The second kappa shape index (κ2) is 5.49. The van der Waals surface area contributed by atoms with E-state index in [1.54, 1.807) is 6.92 Å². The Morgan fingerprint density at radius 2 is 2.06 bits per heavy atom. The van der Waals surface area contributed by atoms with Crippen molar-refractivity contribution in [1.29, 1.82) is 0 Å². The average Bonchev–Trinajstić information content (AvgIpc) is 2.47. The molecule has 2 N–H and O–H groups in total. The number of carbonyl (C=O) groups is 2. The molecule has 0 radical (unpaired) electrons. The summed E-state index contributed by atoms with van der Waals surface area (Å²) in [5.41, 5.74) is -0.706. The van der Waals surface area contributed by atoms with Gasteiger partial charge in [-0.15, -0.1) is 0 Å². The molecule has 0 spiro atoms. The predicted octanol–water partition coefficient (Wildman–Crippen LogP) is 1.09. The molecule has 1 aliphatic heterocycles. The van der Waals surface area contributed by atoms with Crippen molar-refractivity contribution in [3.63, 3.8) is 0 Å². The van der Waals surface area contributed by atoms with Crippen LogP contribution in [-0.4, -0.2) is 41.5 Å². The third-order valence-electron chi connectivity index (χ3n) is 3.16. The van der Waals surface area contributed by atoms with Crippen LogP contribution in [0.4, 0.5) is 4.79 Å². The third kappa shape index (κ3) is 3.19. The van der Waals surface area contributed by atoms with E-state index in [-0.39, 0.29) is 11.9 Å². The number of carbonyl (C=O) groups excluding carboxylic acids is 2. The molecule has 0 aromatic heterocycles. The summed E-state index contributed by atoms with van der Waals surface area (Å²) in [6.07, 6.45) is 1.41. The molecule has 98 valence electrons. The monoisotopic (exact) mass is 241 g/mol. The van der Waals surface area contributed by atoms with Crippen LogP contribution in [0.1, 0.15) is 40.5 Å². The van der Waals surface area contributed by atoms with Gasteiger partial charge in [-0.2, -0.15) is 0 Å². The normalized spacial score (nSPS) is 24.6. The van der Waals surface area contributed by atoms with Crippen LogP contribution in [0.25, 0.3) is 0 Å². The van der Waals surface area contributed by atoms with Crippen molar-refractivity contribution in [2.75, 3.05) is 13.1 Å². The molecule has 0 saturated carbocycles. The van der Waals surface area contributed by atoms with Gasteiger partial charge in [0.15, 0.2) is 0 Å². The molecule has 5 nitrogen and oxygen atoms in total. The summed E-state index contributed by atoms with van der Waals surface area (Å²) in [4.78, 5) is 25.0. The van der Waals surface area contributed by atoms with Crippen LogP contribution in [0.15, 0.2) is 0 Å². The van der Waals surface area contributed by atoms with E-state index in [1.807, 2.05) is 6.92 Å². The number of rotatable bonds is 6. The first kappa shape index (κ1) is 14.0. The number of amides is 3. The van der Waals surface area contributed by atoms with E-state index >= 15 is 0 Å². The van der Waals surface area contributed by atoms with E-state index in [0.717, 1.165) is 13.0 Å². The molecular formula is C12H23N3O2. The van der Waals surface area contributed by atoms with Gasteiger partial charge in [-0.05, 0) is 26.3 Å². The van der Waals surface area contributed by atoms with Crippen LogP contribution in [0.3, 0.4) is 0 Å². The maximum atomic E-state index is 12.0. The smallest absolute Gasteiger partial charge is 0.323 e. The van der Waals surface area contributed by atoms with Crippen LogP contribution in [0.2, 0.25) is 0 Å². The Hall–Kier alpha value is -1.10. The fourth-order valence-corrected chi connectivity index (χ4v) is 1.82. The first-order valence-electron chi connectivity index (χ1n) is 6.28. The lowest BCUT2D eigenvalue weighted by Gasteiger charge is -2.19. The quantitative estimate of drug-likeness (QED) is 0.540. The van der Waals surface area contributed by atoms with Crippen LogP contribution in [-0.2, 0) is 4.79 Å². The molecule has 0 aliphatic carbocycles. The van der Waals surface area contributed by atoms with Crippen molar-refractivity contribution in [3.8, 4) is 0 Å². The van der Waals surface area contributed by atoms with Gasteiger partial charge in [0.05, 0.1) is 0 Å². The number of nitrogens with one attached hydrogen (secondary N) is 2. The Labute approximate surface area is 103 Å². The van der Waals surface area contributed by atoms with Crippen molar-refractivity contribution < 1.29 is 9.59 Å². The fourth-order valence-electron chi connectivity index (χ4n) is 1.82. The highest BCUT2D eigenvalue weighted by molar-refractivity contribution is 6.06. The van der Waals surface area contributed by atoms with Crippen LogP contribution in [0.5, 0.6) is 0 Å². The Morgan fingerprint density at radius 1 is 1.41 bits per heavy atom. The van der Waals surface area contributed by atoms with Crippen molar-refractivity contribution in [3.05, 3.63) is 0 Å². The molecule has 3 amide bonds. The summed E-state index contributed by atoms with van der Waals surface area (Å²) in [5.74, 6) is -0.102. The lowest BCUT2D eigenvalue weighted by atomic mass is 9.99. The van der Waals surface area contributed by atoms with Gasteiger partial charge in [0, 0.05) is 12.6 Å². The van der Waals surface area contributed by atoms with E-state index in [1.165, 1.54) is 4.90 Å². The van der Waals surface area contributed by atoms with Crippen LogP contribution >= 0.6 is 0 Å². The molecule has 1 atom stereocenters. The SMILES string of the molecule is CCC1(C)NC(=O)N(CCCNC(C)C)C1=O. The summed E-state index contributed by atoms with van der Waals surface area (Å²) in [7, 11) is 0. The van der Waals surface area contributed by atoms with Crippen LogP contribution < -0.4 is 10.6 Å². The first-order chi connectivity index (χ1) is 7.90. The van der Waals surface area contributed by atoms with E-state index < -0.39 is 5.54 Å². The second-order valence-electron chi connectivity index (χ2n) is 5.03. The van der Waals surface area contributed by atoms with Gasteiger partial charge >= 0.3 is 6.03 Å². The number of hydrogen-bond acceptors (Lipinski definition) is 3. The van der Waals surface area contributed by atoms with Crippen LogP contribution in [0, 0.1) is 0 Å². The lowest BCUT2D eigenvalue weighted by molar-refractivity contribution is -0.130. The Kier molecular flexibility index (Phi) is 4.51. The van der Waals surface area contributed by atoms with Gasteiger partial charge in [0.1, 0.15) is 5.54 Å². The number of urea groups is 1. The summed E-state index contributed by atoms with van der Waals surface area (Å²) in [6.45, 7) is 9.13. The molecule has 0 bridgehead atoms. The lowest BCUT2D eigenvalue weighted by Crippen LogP contribution is -2.43. The van der Waals surface area contributed by atoms with Crippen molar-refractivity contribution in [2.24, 2.45) is 0 Å². The fraction of sp³-hybridized carbons (Fsp3) is 0.833. The minimum Gasteiger partial charge on any atom is -0.323 e. The van der Waals surface area contributed by atoms with Crippen molar-refractivity contribution in [2.45, 2.75) is 52.1 Å². The minimum atomic E-state index is -0.706. The molecule has 0 aromatic rings. The van der Waals surface area contributed by atoms with Gasteiger partial charge in [0.2, 0.25) is 0 Å². The molecule has 1 unspecified atom stereocenters. The van der Waals surface area contributed by atoms with Gasteiger partial charge in [0.25, 0.3) is 5.91 Å². The highest BCUT2D eigenvalue weighted by Gasteiger charge is 2.45. The average molecular weight is 241 g/mol. The molecule has 1 rings (SSSR count). The highest BCUT2D eigenvalue weighted by atomic mass is 16.2. The zero-order chi connectivity index (χ0) is 13.1. The molecule has 5 heteroatoms. The Morgan fingerprint density at radius 3 is 2.53 bits per heavy atom. The Balaban J connectivity index is 2.44. The minimum absolute atomic E-state index is 0.102. The van der Waals surface area contributed by atoms with Gasteiger partial charge < -0.3 is 10.6 Å². The maximum Gasteiger partial charge on any atom is 0.325 e. The maximum absolute atomic E-state index is 12.0. The van der Waals surface area contributed by atoms with E-state index in [9.17, 15) is 9.59 Å². The van der Waals surface area contributed by atoms with Gasteiger partial charge in [-0.3, -0.25) is 9.69 Å². The summed E-state index contributed by atoms with van der Waals surface area (Å²) >= 11 is 0.